The van der Waals surface area contributed by atoms with E-state index in [9.17, 15) is 4.79 Å². The second kappa shape index (κ2) is 7.46. The van der Waals surface area contributed by atoms with Crippen molar-refractivity contribution in [3.63, 3.8) is 0 Å². The van der Waals surface area contributed by atoms with Crippen molar-refractivity contribution in [2.45, 2.75) is 52.2 Å². The molecule has 0 spiro atoms. The Morgan fingerprint density at radius 1 is 1.14 bits per heavy atom. The van der Waals surface area contributed by atoms with Crippen LogP contribution in [0.3, 0.4) is 0 Å². The van der Waals surface area contributed by atoms with Gasteiger partial charge in [0.25, 0.3) is 0 Å². The van der Waals surface area contributed by atoms with E-state index in [0.717, 1.165) is 43.7 Å². The molecule has 1 aromatic carbocycles. The minimum Gasteiger partial charge on any atom is -0.494 e. The monoisotopic (exact) mass is 290 g/mol. The highest BCUT2D eigenvalue weighted by atomic mass is 16.5. The lowest BCUT2D eigenvalue weighted by Crippen LogP contribution is -2.31. The highest BCUT2D eigenvalue weighted by molar-refractivity contribution is 5.84. The van der Waals surface area contributed by atoms with Gasteiger partial charge in [-0.25, -0.2) is 0 Å². The van der Waals surface area contributed by atoms with E-state index in [-0.39, 0.29) is 18.1 Å². The average Bonchev–Trinajstić information content (AvgIpc) is 2.83. The van der Waals surface area contributed by atoms with E-state index in [4.69, 9.17) is 4.74 Å². The zero-order valence-corrected chi connectivity index (χ0v) is 13.3. The molecule has 1 saturated heterocycles. The number of hydrogen-bond donors (Lipinski definition) is 1. The number of benzene rings is 1. The molecular weight excluding hydrogens is 264 g/mol. The van der Waals surface area contributed by atoms with E-state index in [0.29, 0.717) is 0 Å². The van der Waals surface area contributed by atoms with Crippen LogP contribution in [0.15, 0.2) is 24.3 Å². The molecule has 4 nitrogen and oxygen atoms in total. The van der Waals surface area contributed by atoms with Gasteiger partial charge in [-0.2, -0.15) is 0 Å². The second-order valence-corrected chi connectivity index (χ2v) is 5.48. The quantitative estimate of drug-likeness (QED) is 0.839. The predicted molar refractivity (Wildman–Crippen MR) is 84.2 cm³/mol. The standard InChI is InChI=1S/C17H26N2O2/c1-4-11-19-16(18-15(6-3)17(19)20)13-7-9-14(10-8-13)21-12-5-2/h7-10,15-16,18H,4-6,11-12H2,1-3H3. The van der Waals surface area contributed by atoms with Crippen LogP contribution >= 0.6 is 0 Å². The van der Waals surface area contributed by atoms with Crippen LogP contribution in [0.1, 0.15) is 51.8 Å². The zero-order chi connectivity index (χ0) is 15.2. The molecule has 2 unspecified atom stereocenters. The average molecular weight is 290 g/mol. The third kappa shape index (κ3) is 3.56. The van der Waals surface area contributed by atoms with Gasteiger partial charge in [-0.1, -0.05) is 32.9 Å². The number of rotatable bonds is 7. The van der Waals surface area contributed by atoms with Crippen LogP contribution in [0.5, 0.6) is 5.75 Å². The molecule has 0 saturated carbocycles. The highest BCUT2D eigenvalue weighted by Crippen LogP contribution is 2.28. The molecule has 1 amide bonds. The SMILES string of the molecule is CCCOc1ccc(C2NC(CC)C(=O)N2CCC)cc1. The maximum atomic E-state index is 12.4. The van der Waals surface area contributed by atoms with E-state index in [2.05, 4.69) is 31.3 Å². The van der Waals surface area contributed by atoms with Gasteiger partial charge in [0.15, 0.2) is 0 Å². The molecule has 1 N–H and O–H groups in total. The Bertz CT molecular complexity index is 458. The van der Waals surface area contributed by atoms with Crippen LogP contribution in [0.25, 0.3) is 0 Å². The smallest absolute Gasteiger partial charge is 0.241 e. The first-order chi connectivity index (χ1) is 10.2. The number of amides is 1. The zero-order valence-electron chi connectivity index (χ0n) is 13.3. The van der Waals surface area contributed by atoms with Crippen LogP contribution in [0.2, 0.25) is 0 Å². The van der Waals surface area contributed by atoms with Crippen molar-refractivity contribution in [2.24, 2.45) is 0 Å². The first-order valence-corrected chi connectivity index (χ1v) is 8.00. The lowest BCUT2D eigenvalue weighted by molar-refractivity contribution is -0.130. The number of nitrogens with zero attached hydrogens (tertiary/aromatic N) is 1. The maximum Gasteiger partial charge on any atom is 0.241 e. The van der Waals surface area contributed by atoms with Gasteiger partial charge in [0.05, 0.1) is 12.6 Å². The molecule has 0 aromatic heterocycles. The Balaban J connectivity index is 2.13. The number of hydrogen-bond acceptors (Lipinski definition) is 3. The summed E-state index contributed by atoms with van der Waals surface area (Å²) in [5, 5.41) is 3.44. The van der Waals surface area contributed by atoms with Gasteiger partial charge in [-0.15, -0.1) is 0 Å². The van der Waals surface area contributed by atoms with Crippen molar-refractivity contribution in [3.8, 4) is 5.75 Å². The number of nitrogens with one attached hydrogen (secondary N) is 1. The van der Waals surface area contributed by atoms with Crippen molar-refractivity contribution < 1.29 is 9.53 Å². The lowest BCUT2D eigenvalue weighted by Gasteiger charge is -2.24. The maximum absolute atomic E-state index is 12.4. The summed E-state index contributed by atoms with van der Waals surface area (Å²) in [5.41, 5.74) is 1.12. The minimum absolute atomic E-state index is 0.0115. The van der Waals surface area contributed by atoms with E-state index >= 15 is 0 Å². The van der Waals surface area contributed by atoms with Gasteiger partial charge in [-0.3, -0.25) is 10.1 Å². The Labute approximate surface area is 127 Å². The van der Waals surface area contributed by atoms with E-state index < -0.39 is 0 Å². The highest BCUT2D eigenvalue weighted by Gasteiger charge is 2.37. The predicted octanol–water partition coefficient (Wildman–Crippen LogP) is 3.09. The van der Waals surface area contributed by atoms with Crippen molar-refractivity contribution in [1.82, 2.24) is 10.2 Å². The second-order valence-electron chi connectivity index (χ2n) is 5.48. The summed E-state index contributed by atoms with van der Waals surface area (Å²) in [6.45, 7) is 7.77. The first-order valence-electron chi connectivity index (χ1n) is 8.00. The molecule has 0 bridgehead atoms. The molecule has 1 aliphatic heterocycles. The number of ether oxygens (including phenoxy) is 1. The molecular formula is C17H26N2O2. The van der Waals surface area contributed by atoms with Crippen molar-refractivity contribution in [3.05, 3.63) is 29.8 Å². The van der Waals surface area contributed by atoms with Gasteiger partial charge in [0, 0.05) is 6.54 Å². The topological polar surface area (TPSA) is 41.6 Å². The van der Waals surface area contributed by atoms with Crippen LogP contribution < -0.4 is 10.1 Å². The Morgan fingerprint density at radius 2 is 1.86 bits per heavy atom. The Hall–Kier alpha value is -1.55. The first kappa shape index (κ1) is 15.8. The Morgan fingerprint density at radius 3 is 2.43 bits per heavy atom. The van der Waals surface area contributed by atoms with Crippen molar-refractivity contribution >= 4 is 5.91 Å². The summed E-state index contributed by atoms with van der Waals surface area (Å²) < 4.78 is 5.61. The van der Waals surface area contributed by atoms with Crippen LogP contribution in [-0.4, -0.2) is 30.0 Å². The summed E-state index contributed by atoms with van der Waals surface area (Å²) in [5.74, 6) is 1.11. The van der Waals surface area contributed by atoms with E-state index in [1.807, 2.05) is 24.0 Å². The molecule has 1 aliphatic rings. The fourth-order valence-electron chi connectivity index (χ4n) is 2.69. The minimum atomic E-state index is -0.0578. The largest absolute Gasteiger partial charge is 0.494 e. The summed E-state index contributed by atoms with van der Waals surface area (Å²) in [6, 6.07) is 8.02. The van der Waals surface area contributed by atoms with Crippen LogP contribution in [0, 0.1) is 0 Å². The number of carbonyl (C=O) groups excluding carboxylic acids is 1. The van der Waals surface area contributed by atoms with Crippen LogP contribution in [-0.2, 0) is 4.79 Å². The number of carbonyl (C=O) groups is 1. The normalized spacial score (nSPS) is 21.9. The van der Waals surface area contributed by atoms with Gasteiger partial charge in [0.2, 0.25) is 5.91 Å². The van der Waals surface area contributed by atoms with Gasteiger partial charge < -0.3 is 9.64 Å². The summed E-state index contributed by atoms with van der Waals surface area (Å²) in [7, 11) is 0. The molecule has 1 fully saturated rings. The van der Waals surface area contributed by atoms with E-state index in [1.165, 1.54) is 0 Å². The van der Waals surface area contributed by atoms with Gasteiger partial charge >= 0.3 is 0 Å². The third-order valence-corrected chi connectivity index (χ3v) is 3.79. The summed E-state index contributed by atoms with van der Waals surface area (Å²) >= 11 is 0. The molecule has 1 heterocycles. The molecule has 1 aromatic rings. The molecule has 2 rings (SSSR count). The van der Waals surface area contributed by atoms with Gasteiger partial charge in [0.1, 0.15) is 11.9 Å². The lowest BCUT2D eigenvalue weighted by atomic mass is 10.1. The van der Waals surface area contributed by atoms with E-state index in [1.54, 1.807) is 0 Å². The van der Waals surface area contributed by atoms with Crippen molar-refractivity contribution in [1.29, 1.82) is 0 Å². The molecule has 116 valence electrons. The molecule has 0 radical (unpaired) electrons. The van der Waals surface area contributed by atoms with Crippen LogP contribution in [0.4, 0.5) is 0 Å². The molecule has 2 atom stereocenters. The summed E-state index contributed by atoms with van der Waals surface area (Å²) in [4.78, 5) is 14.3. The van der Waals surface area contributed by atoms with Gasteiger partial charge in [-0.05, 0) is 37.0 Å². The fourth-order valence-corrected chi connectivity index (χ4v) is 2.69. The molecule has 0 aliphatic carbocycles. The Kier molecular flexibility index (Phi) is 5.62. The third-order valence-electron chi connectivity index (χ3n) is 3.79. The molecule has 21 heavy (non-hydrogen) atoms. The fraction of sp³-hybridized carbons (Fsp3) is 0.588. The summed E-state index contributed by atoms with van der Waals surface area (Å²) in [6.07, 6.45) is 2.79. The van der Waals surface area contributed by atoms with Crippen molar-refractivity contribution in [2.75, 3.05) is 13.2 Å². The molecule has 4 heteroatoms.